The van der Waals surface area contributed by atoms with Crippen molar-refractivity contribution in [2.45, 2.75) is 139 Å². The SMILES string of the molecule is CCCCCCCCCOC(=O)C[C@](O)(CCCC(C)(C)O)C(=O)OC1C(OC)=C[C@]23CCCN2CCc2cc4c(cc2[C@H]13)OCO4. The molecule has 1 saturated heterocycles. The average molecular weight is 658 g/mol. The van der Waals surface area contributed by atoms with Crippen LogP contribution >= 0.6 is 0 Å². The van der Waals surface area contributed by atoms with Gasteiger partial charge in [0.15, 0.2) is 23.2 Å². The molecule has 3 aliphatic heterocycles. The third-order valence-electron chi connectivity index (χ3n) is 10.4. The molecule has 1 fully saturated rings. The number of hydrogen-bond donors (Lipinski definition) is 2. The van der Waals surface area contributed by atoms with Gasteiger partial charge in [0.05, 0.1) is 37.2 Å². The maximum atomic E-state index is 14.1. The Labute approximate surface area is 279 Å². The molecule has 1 unspecified atom stereocenters. The van der Waals surface area contributed by atoms with Crippen LogP contribution in [0.4, 0.5) is 0 Å². The molecule has 0 saturated carbocycles. The number of benzene rings is 1. The molecule has 4 aliphatic rings. The van der Waals surface area contributed by atoms with Gasteiger partial charge in [-0.05, 0) is 94.7 Å². The first kappa shape index (κ1) is 35.5. The van der Waals surface area contributed by atoms with Crippen LogP contribution < -0.4 is 9.47 Å². The largest absolute Gasteiger partial charge is 0.497 e. The molecule has 3 heterocycles. The minimum Gasteiger partial charge on any atom is -0.497 e. The molecule has 4 atom stereocenters. The molecule has 1 aromatic carbocycles. The van der Waals surface area contributed by atoms with Gasteiger partial charge in [-0.2, -0.15) is 0 Å². The molecule has 1 aromatic rings. The van der Waals surface area contributed by atoms with Crippen molar-refractivity contribution in [2.24, 2.45) is 0 Å². The Morgan fingerprint density at radius 3 is 2.45 bits per heavy atom. The number of rotatable bonds is 17. The Balaban J connectivity index is 1.34. The molecule has 0 radical (unpaired) electrons. The number of esters is 2. The standard InChI is InChI=1S/C37H55NO9/c1-5-6-7-8-9-10-11-20-44-31(39)24-37(42,17-12-15-35(2,3)41)34(40)47-33-30(43-4)23-36-16-13-18-38(36)19-14-26-21-28-29(46-25-45-28)22-27(26)32(33)36/h21-23,32-33,41-42H,5-20,24-25H2,1-4H3/t32-,33?,36+,37-/m1/s1. The van der Waals surface area contributed by atoms with E-state index >= 15 is 0 Å². The summed E-state index contributed by atoms with van der Waals surface area (Å²) < 4.78 is 29.2. The molecule has 0 bridgehead atoms. The number of hydrogen-bond acceptors (Lipinski definition) is 10. The van der Waals surface area contributed by atoms with E-state index in [9.17, 15) is 19.8 Å². The maximum Gasteiger partial charge on any atom is 0.339 e. The summed E-state index contributed by atoms with van der Waals surface area (Å²) in [7, 11) is 1.57. The Morgan fingerprint density at radius 2 is 1.72 bits per heavy atom. The average Bonchev–Trinajstić information content (AvgIpc) is 3.71. The summed E-state index contributed by atoms with van der Waals surface area (Å²) in [6.45, 7) is 7.70. The van der Waals surface area contributed by atoms with E-state index in [-0.39, 0.29) is 25.7 Å². The number of unbranched alkanes of at least 4 members (excludes halogenated alkanes) is 6. The minimum absolute atomic E-state index is 0.0572. The zero-order valence-corrected chi connectivity index (χ0v) is 28.8. The summed E-state index contributed by atoms with van der Waals surface area (Å²) >= 11 is 0. The molecule has 10 nitrogen and oxygen atoms in total. The maximum absolute atomic E-state index is 14.1. The molecular formula is C37H55NO9. The first-order chi connectivity index (χ1) is 22.5. The van der Waals surface area contributed by atoms with E-state index < -0.39 is 41.2 Å². The Hall–Kier alpha value is -2.82. The molecule has 1 aliphatic carbocycles. The van der Waals surface area contributed by atoms with E-state index in [1.54, 1.807) is 21.0 Å². The van der Waals surface area contributed by atoms with Crippen molar-refractivity contribution >= 4 is 11.9 Å². The molecule has 1 spiro atoms. The molecule has 0 amide bonds. The van der Waals surface area contributed by atoms with Gasteiger partial charge in [-0.1, -0.05) is 45.4 Å². The summed E-state index contributed by atoms with van der Waals surface area (Å²) in [5.41, 5.74) is -1.43. The highest BCUT2D eigenvalue weighted by Gasteiger charge is 2.59. The third-order valence-corrected chi connectivity index (χ3v) is 10.4. The fourth-order valence-electron chi connectivity index (χ4n) is 7.93. The van der Waals surface area contributed by atoms with E-state index in [1.165, 1.54) is 25.7 Å². The van der Waals surface area contributed by atoms with Crippen molar-refractivity contribution in [2.75, 3.05) is 33.6 Å². The molecule has 5 rings (SSSR count). The lowest BCUT2D eigenvalue weighted by Crippen LogP contribution is -2.49. The van der Waals surface area contributed by atoms with Crippen LogP contribution in [-0.2, 0) is 30.2 Å². The summed E-state index contributed by atoms with van der Waals surface area (Å²) in [6, 6.07) is 4.04. The van der Waals surface area contributed by atoms with Crippen molar-refractivity contribution in [3.8, 4) is 11.5 Å². The Morgan fingerprint density at radius 1 is 1.00 bits per heavy atom. The zero-order valence-electron chi connectivity index (χ0n) is 28.8. The fourth-order valence-corrected chi connectivity index (χ4v) is 7.93. The fraction of sp³-hybridized carbons (Fsp3) is 0.730. The van der Waals surface area contributed by atoms with E-state index in [2.05, 4.69) is 17.9 Å². The normalized spacial score (nSPS) is 24.4. The monoisotopic (exact) mass is 657 g/mol. The molecule has 47 heavy (non-hydrogen) atoms. The van der Waals surface area contributed by atoms with Crippen LogP contribution in [0.15, 0.2) is 24.0 Å². The van der Waals surface area contributed by atoms with Gasteiger partial charge in [0.25, 0.3) is 0 Å². The zero-order chi connectivity index (χ0) is 33.7. The minimum atomic E-state index is -2.13. The number of carbonyl (C=O) groups excluding carboxylic acids is 2. The smallest absolute Gasteiger partial charge is 0.339 e. The van der Waals surface area contributed by atoms with Crippen LogP contribution in [0, 0.1) is 0 Å². The lowest BCUT2D eigenvalue weighted by molar-refractivity contribution is -0.179. The molecular weight excluding hydrogens is 602 g/mol. The van der Waals surface area contributed by atoms with Crippen LogP contribution in [0.1, 0.15) is 121 Å². The van der Waals surface area contributed by atoms with Crippen molar-refractivity contribution in [3.05, 3.63) is 35.1 Å². The van der Waals surface area contributed by atoms with Crippen LogP contribution in [0.25, 0.3) is 0 Å². The van der Waals surface area contributed by atoms with Crippen molar-refractivity contribution in [1.29, 1.82) is 0 Å². The van der Waals surface area contributed by atoms with Crippen molar-refractivity contribution in [1.82, 2.24) is 4.90 Å². The second-order valence-corrected chi connectivity index (χ2v) is 14.5. The van der Waals surface area contributed by atoms with Crippen LogP contribution in [0.2, 0.25) is 0 Å². The lowest BCUT2D eigenvalue weighted by Gasteiger charge is -2.39. The lowest BCUT2D eigenvalue weighted by atomic mass is 9.77. The number of ether oxygens (including phenoxy) is 5. The van der Waals surface area contributed by atoms with Gasteiger partial charge in [0.1, 0.15) is 5.76 Å². The van der Waals surface area contributed by atoms with Crippen LogP contribution in [0.5, 0.6) is 11.5 Å². The topological polar surface area (TPSA) is 124 Å². The number of fused-ring (bicyclic) bond motifs is 3. The highest BCUT2D eigenvalue weighted by molar-refractivity contribution is 5.86. The third kappa shape index (κ3) is 8.08. The first-order valence-electron chi connectivity index (χ1n) is 17.8. The summed E-state index contributed by atoms with van der Waals surface area (Å²) in [5, 5.41) is 22.2. The van der Waals surface area contributed by atoms with Gasteiger partial charge in [0, 0.05) is 6.54 Å². The Kier molecular flexibility index (Phi) is 11.4. The van der Waals surface area contributed by atoms with Gasteiger partial charge in [0.2, 0.25) is 6.79 Å². The van der Waals surface area contributed by atoms with Crippen molar-refractivity contribution < 1.29 is 43.5 Å². The predicted octanol–water partition coefficient (Wildman–Crippen LogP) is 5.70. The molecule has 2 N–H and O–H groups in total. The van der Waals surface area contributed by atoms with Gasteiger partial charge >= 0.3 is 11.9 Å². The van der Waals surface area contributed by atoms with E-state index in [4.69, 9.17) is 23.7 Å². The predicted molar refractivity (Wildman–Crippen MR) is 176 cm³/mol. The number of aliphatic hydroxyl groups is 2. The number of carbonyl (C=O) groups is 2. The summed E-state index contributed by atoms with van der Waals surface area (Å²) in [6.07, 6.45) is 11.6. The highest BCUT2D eigenvalue weighted by atomic mass is 16.7. The number of methoxy groups -OCH3 is 1. The highest BCUT2D eigenvalue weighted by Crippen LogP contribution is 2.55. The Bertz CT molecular complexity index is 1290. The molecule has 0 aromatic heterocycles. The molecule has 262 valence electrons. The van der Waals surface area contributed by atoms with Gasteiger partial charge in [-0.25, -0.2) is 4.79 Å². The van der Waals surface area contributed by atoms with E-state index in [0.29, 0.717) is 30.1 Å². The summed E-state index contributed by atoms with van der Waals surface area (Å²) in [5.74, 6) is 0.0679. The second kappa shape index (κ2) is 15.2. The number of nitrogens with zero attached hydrogens (tertiary/aromatic N) is 1. The first-order valence-corrected chi connectivity index (χ1v) is 17.8. The van der Waals surface area contributed by atoms with Gasteiger partial charge in [-0.3, -0.25) is 9.69 Å². The van der Waals surface area contributed by atoms with Gasteiger partial charge < -0.3 is 33.9 Å². The summed E-state index contributed by atoms with van der Waals surface area (Å²) in [4.78, 5) is 29.6. The van der Waals surface area contributed by atoms with Crippen molar-refractivity contribution in [3.63, 3.8) is 0 Å². The van der Waals surface area contributed by atoms with E-state index in [0.717, 1.165) is 62.7 Å². The second-order valence-electron chi connectivity index (χ2n) is 14.5. The van der Waals surface area contributed by atoms with E-state index in [1.807, 2.05) is 12.1 Å². The quantitative estimate of drug-likeness (QED) is 0.159. The van der Waals surface area contributed by atoms with Gasteiger partial charge in [-0.15, -0.1) is 0 Å². The molecule has 10 heteroatoms. The van der Waals surface area contributed by atoms with Crippen LogP contribution in [0.3, 0.4) is 0 Å². The van der Waals surface area contributed by atoms with Crippen LogP contribution in [-0.4, -0.2) is 83.5 Å².